The van der Waals surface area contributed by atoms with Crippen molar-refractivity contribution >= 4 is 52.8 Å². The molecule has 0 spiro atoms. The van der Waals surface area contributed by atoms with Crippen LogP contribution < -0.4 is 20.2 Å². The molecule has 3 aromatic carbocycles. The van der Waals surface area contributed by atoms with Crippen molar-refractivity contribution in [3.05, 3.63) is 92.4 Å². The number of hydrazone groups is 1. The van der Waals surface area contributed by atoms with Crippen LogP contribution in [0.3, 0.4) is 0 Å². The number of rotatable bonds is 8. The third kappa shape index (κ3) is 7.12. The zero-order valence-electron chi connectivity index (χ0n) is 18.0. The van der Waals surface area contributed by atoms with Gasteiger partial charge in [0.15, 0.2) is 11.5 Å². The van der Waals surface area contributed by atoms with Gasteiger partial charge in [0, 0.05) is 22.2 Å². The molecule has 0 radical (unpaired) electrons. The lowest BCUT2D eigenvalue weighted by Gasteiger charge is -2.14. The van der Waals surface area contributed by atoms with Gasteiger partial charge in [-0.15, -0.1) is 0 Å². The first-order valence-corrected chi connectivity index (χ1v) is 11.1. The number of carbonyl (C=O) groups is 2. The molecule has 34 heavy (non-hydrogen) atoms. The van der Waals surface area contributed by atoms with Gasteiger partial charge in [-0.25, -0.2) is 5.43 Å². The molecule has 0 bridgehead atoms. The summed E-state index contributed by atoms with van der Waals surface area (Å²) in [7, 11) is 1.47. The number of amides is 2. The fraction of sp³-hybridized carbons (Fsp3) is 0.125. The van der Waals surface area contributed by atoms with Gasteiger partial charge in [-0.1, -0.05) is 65.1 Å². The zero-order chi connectivity index (χ0) is 24.5. The van der Waals surface area contributed by atoms with E-state index in [4.69, 9.17) is 44.3 Å². The summed E-state index contributed by atoms with van der Waals surface area (Å²) in [6.45, 7) is 0.375. The Morgan fingerprint density at radius 1 is 0.971 bits per heavy atom. The van der Waals surface area contributed by atoms with Gasteiger partial charge < -0.3 is 14.8 Å². The fourth-order valence-electron chi connectivity index (χ4n) is 2.80. The van der Waals surface area contributed by atoms with Crippen LogP contribution in [0.4, 0.5) is 0 Å². The second kappa shape index (κ2) is 12.3. The summed E-state index contributed by atoms with van der Waals surface area (Å²) in [6, 6.07) is 17.4. The fourth-order valence-corrected chi connectivity index (χ4v) is 3.39. The van der Waals surface area contributed by atoms with E-state index in [9.17, 15) is 9.59 Å². The molecule has 10 heteroatoms. The lowest BCUT2D eigenvalue weighted by Crippen LogP contribution is -2.37. The predicted octanol–water partition coefficient (Wildman–Crippen LogP) is 5.00. The molecule has 0 aliphatic rings. The molecule has 0 unspecified atom stereocenters. The number of methoxy groups -OCH3 is 1. The van der Waals surface area contributed by atoms with Crippen molar-refractivity contribution in [2.75, 3.05) is 7.11 Å². The first-order chi connectivity index (χ1) is 16.4. The van der Waals surface area contributed by atoms with E-state index in [1.54, 1.807) is 42.5 Å². The van der Waals surface area contributed by atoms with Crippen molar-refractivity contribution in [2.24, 2.45) is 5.10 Å². The number of hydrogen-bond donors (Lipinski definition) is 2. The molecule has 2 N–H and O–H groups in total. The highest BCUT2D eigenvalue weighted by Gasteiger charge is 2.14. The number of carbonyl (C=O) groups excluding carboxylic acids is 2. The number of hydrogen-bond acceptors (Lipinski definition) is 5. The van der Waals surface area contributed by atoms with Crippen LogP contribution in [0.2, 0.25) is 15.1 Å². The molecule has 0 atom stereocenters. The third-order valence-electron chi connectivity index (χ3n) is 4.53. The second-order valence-corrected chi connectivity index (χ2v) is 8.17. The second-order valence-electron chi connectivity index (χ2n) is 6.92. The van der Waals surface area contributed by atoms with Crippen LogP contribution in [0.1, 0.15) is 16.7 Å². The Bertz CT molecular complexity index is 1200. The normalized spacial score (nSPS) is 10.7. The Labute approximate surface area is 211 Å². The van der Waals surface area contributed by atoms with Crippen LogP contribution in [-0.2, 0) is 22.7 Å². The summed E-state index contributed by atoms with van der Waals surface area (Å²) in [4.78, 5) is 23.9. The average Bonchev–Trinajstić information content (AvgIpc) is 2.83. The molecule has 7 nitrogen and oxygen atoms in total. The van der Waals surface area contributed by atoms with E-state index < -0.39 is 11.8 Å². The van der Waals surface area contributed by atoms with Crippen LogP contribution in [0, 0.1) is 0 Å². The minimum Gasteiger partial charge on any atom is -0.493 e. The van der Waals surface area contributed by atoms with Gasteiger partial charge in [-0.2, -0.15) is 5.10 Å². The first-order valence-electron chi connectivity index (χ1n) is 9.96. The molecular weight excluding hydrogens is 501 g/mol. The van der Waals surface area contributed by atoms with E-state index in [-0.39, 0.29) is 18.2 Å². The molecule has 2 amide bonds. The van der Waals surface area contributed by atoms with Crippen LogP contribution in [-0.4, -0.2) is 25.1 Å². The van der Waals surface area contributed by atoms with E-state index >= 15 is 0 Å². The van der Waals surface area contributed by atoms with Gasteiger partial charge in [0.2, 0.25) is 0 Å². The van der Waals surface area contributed by atoms with Gasteiger partial charge in [0.1, 0.15) is 6.61 Å². The number of ether oxygens (including phenoxy) is 2. The van der Waals surface area contributed by atoms with E-state index in [2.05, 4.69) is 15.8 Å². The van der Waals surface area contributed by atoms with Gasteiger partial charge in [-0.3, -0.25) is 9.59 Å². The summed E-state index contributed by atoms with van der Waals surface area (Å²) in [5.41, 5.74) is 4.29. The summed E-state index contributed by atoms with van der Waals surface area (Å²) < 4.78 is 11.2. The lowest BCUT2D eigenvalue weighted by atomic mass is 10.2. The molecule has 0 fully saturated rings. The van der Waals surface area contributed by atoms with Crippen molar-refractivity contribution in [3.63, 3.8) is 0 Å². The number of benzene rings is 3. The van der Waals surface area contributed by atoms with Crippen LogP contribution in [0.15, 0.2) is 65.8 Å². The standard InChI is InChI=1S/C24H20Cl3N3O4/c1-33-21-11-16(10-20(27)22(21)34-14-17-4-2-3-5-19(17)26)13-29-30-24(32)23(31)28-12-15-6-8-18(25)9-7-15/h2-11,13H,12,14H2,1H3,(H,28,31)(H,30,32)/b29-13-. The number of nitrogens with zero attached hydrogens (tertiary/aromatic N) is 1. The van der Waals surface area contributed by atoms with E-state index in [1.165, 1.54) is 13.3 Å². The molecule has 0 saturated carbocycles. The van der Waals surface area contributed by atoms with Crippen molar-refractivity contribution in [1.82, 2.24) is 10.7 Å². The molecule has 0 aliphatic carbocycles. The van der Waals surface area contributed by atoms with Gasteiger partial charge in [0.05, 0.1) is 18.3 Å². The molecule has 0 heterocycles. The highest BCUT2D eigenvalue weighted by atomic mass is 35.5. The molecule has 176 valence electrons. The Morgan fingerprint density at radius 2 is 1.71 bits per heavy atom. The minimum atomic E-state index is -0.914. The molecular formula is C24H20Cl3N3O4. The maximum Gasteiger partial charge on any atom is 0.329 e. The van der Waals surface area contributed by atoms with Crippen LogP contribution in [0.25, 0.3) is 0 Å². The van der Waals surface area contributed by atoms with Crippen LogP contribution >= 0.6 is 34.8 Å². The van der Waals surface area contributed by atoms with Gasteiger partial charge in [0.25, 0.3) is 0 Å². The highest BCUT2D eigenvalue weighted by Crippen LogP contribution is 2.37. The monoisotopic (exact) mass is 519 g/mol. The van der Waals surface area contributed by atoms with Crippen molar-refractivity contribution in [3.8, 4) is 11.5 Å². The Hall–Kier alpha value is -3.26. The predicted molar refractivity (Wildman–Crippen MR) is 133 cm³/mol. The smallest absolute Gasteiger partial charge is 0.329 e. The van der Waals surface area contributed by atoms with Gasteiger partial charge >= 0.3 is 11.8 Å². The Balaban J connectivity index is 1.57. The summed E-state index contributed by atoms with van der Waals surface area (Å²) in [6.07, 6.45) is 1.33. The van der Waals surface area contributed by atoms with Gasteiger partial charge in [-0.05, 0) is 41.5 Å². The largest absolute Gasteiger partial charge is 0.493 e. The number of nitrogens with one attached hydrogen (secondary N) is 2. The molecule has 3 rings (SSSR count). The summed E-state index contributed by atoms with van der Waals surface area (Å²) in [5.74, 6) is -1.03. The molecule has 0 saturated heterocycles. The Morgan fingerprint density at radius 3 is 2.41 bits per heavy atom. The first kappa shape index (κ1) is 25.4. The van der Waals surface area contributed by atoms with E-state index in [0.717, 1.165) is 11.1 Å². The summed E-state index contributed by atoms with van der Waals surface area (Å²) in [5, 5.41) is 7.74. The quantitative estimate of drug-likeness (QED) is 0.248. The highest BCUT2D eigenvalue weighted by molar-refractivity contribution is 6.35. The van der Waals surface area contributed by atoms with Crippen LogP contribution in [0.5, 0.6) is 11.5 Å². The Kier molecular flexibility index (Phi) is 9.16. The van der Waals surface area contributed by atoms with Crippen molar-refractivity contribution in [1.29, 1.82) is 0 Å². The molecule has 0 aliphatic heterocycles. The maximum atomic E-state index is 12.0. The average molecular weight is 521 g/mol. The number of halogens is 3. The lowest BCUT2D eigenvalue weighted by molar-refractivity contribution is -0.139. The maximum absolute atomic E-state index is 12.0. The summed E-state index contributed by atoms with van der Waals surface area (Å²) >= 11 is 18.3. The minimum absolute atomic E-state index is 0.176. The topological polar surface area (TPSA) is 89.0 Å². The SMILES string of the molecule is COc1cc(/C=N\NC(=O)C(=O)NCc2ccc(Cl)cc2)cc(Cl)c1OCc1ccccc1Cl. The molecule has 0 aromatic heterocycles. The zero-order valence-corrected chi connectivity index (χ0v) is 20.2. The van der Waals surface area contributed by atoms with Crippen molar-refractivity contribution in [2.45, 2.75) is 13.2 Å². The third-order valence-corrected chi connectivity index (χ3v) is 5.44. The molecule has 3 aromatic rings. The van der Waals surface area contributed by atoms with E-state index in [0.29, 0.717) is 27.1 Å². The van der Waals surface area contributed by atoms with E-state index in [1.807, 2.05) is 18.2 Å². The van der Waals surface area contributed by atoms with Crippen molar-refractivity contribution < 1.29 is 19.1 Å².